The van der Waals surface area contributed by atoms with Crippen LogP contribution in [0.25, 0.3) is 0 Å². The quantitative estimate of drug-likeness (QED) is 0.729. The molecule has 1 atom stereocenters. The van der Waals surface area contributed by atoms with E-state index in [1.807, 2.05) is 0 Å². The standard InChI is InChI=1S/C16H20F3NO2S/c1-14(2,3)13(21)22-9-8-15(4,20-23)11-6-5-7-12(10-11)16(17,18)19/h5-7,10H,8-9H2,1-4H3. The molecule has 7 heteroatoms. The smallest absolute Gasteiger partial charge is 0.416 e. The van der Waals surface area contributed by atoms with Gasteiger partial charge in [-0.1, -0.05) is 12.1 Å². The van der Waals surface area contributed by atoms with Gasteiger partial charge in [0.05, 0.1) is 23.1 Å². The summed E-state index contributed by atoms with van der Waals surface area (Å²) < 4.78 is 47.4. The molecule has 0 radical (unpaired) electrons. The van der Waals surface area contributed by atoms with Crippen LogP contribution >= 0.6 is 0 Å². The Labute approximate surface area is 139 Å². The predicted molar refractivity (Wildman–Crippen MR) is 83.6 cm³/mol. The Balaban J connectivity index is 2.90. The number of rotatable bonds is 5. The predicted octanol–water partition coefficient (Wildman–Crippen LogP) is 4.63. The van der Waals surface area contributed by atoms with E-state index >= 15 is 0 Å². The number of hydrogen-bond acceptors (Lipinski definition) is 4. The lowest BCUT2D eigenvalue weighted by Gasteiger charge is -2.25. The first-order valence-electron chi connectivity index (χ1n) is 7.09. The Bertz CT molecular complexity index is 581. The number of alkyl halides is 3. The molecule has 3 nitrogen and oxygen atoms in total. The maximum atomic E-state index is 12.8. The summed E-state index contributed by atoms with van der Waals surface area (Å²) in [6, 6.07) is 4.88. The summed E-state index contributed by atoms with van der Waals surface area (Å²) >= 11 is 4.76. The molecule has 0 heterocycles. The van der Waals surface area contributed by atoms with Crippen molar-refractivity contribution in [2.45, 2.75) is 45.8 Å². The van der Waals surface area contributed by atoms with Crippen LogP contribution in [0.4, 0.5) is 13.2 Å². The number of carbonyl (C=O) groups excluding carboxylic acids is 1. The van der Waals surface area contributed by atoms with Crippen molar-refractivity contribution in [2.75, 3.05) is 6.61 Å². The fourth-order valence-electron chi connectivity index (χ4n) is 1.83. The topological polar surface area (TPSA) is 38.7 Å². The monoisotopic (exact) mass is 347 g/mol. The van der Waals surface area contributed by atoms with E-state index in [0.717, 1.165) is 12.1 Å². The van der Waals surface area contributed by atoms with Crippen LogP contribution in [-0.4, -0.2) is 12.6 Å². The van der Waals surface area contributed by atoms with E-state index in [2.05, 4.69) is 4.36 Å². The van der Waals surface area contributed by atoms with E-state index in [1.54, 1.807) is 27.7 Å². The van der Waals surface area contributed by atoms with Gasteiger partial charge >= 0.3 is 12.1 Å². The molecule has 0 bridgehead atoms. The van der Waals surface area contributed by atoms with Crippen LogP contribution in [0.5, 0.6) is 0 Å². The van der Waals surface area contributed by atoms with Gasteiger partial charge in [-0.3, -0.25) is 4.79 Å². The molecular formula is C16H20F3NO2S. The van der Waals surface area contributed by atoms with Crippen LogP contribution in [0, 0.1) is 5.41 Å². The number of carbonyl (C=O) groups is 1. The number of halogens is 3. The summed E-state index contributed by atoms with van der Waals surface area (Å²) in [5.41, 5.74) is -2.09. The average molecular weight is 347 g/mol. The maximum absolute atomic E-state index is 12.8. The van der Waals surface area contributed by atoms with Crippen LogP contribution in [0.1, 0.15) is 45.2 Å². The fourth-order valence-corrected chi connectivity index (χ4v) is 2.03. The SMILES string of the molecule is CC(C)(C)C(=O)OCCC(C)(N=S)c1cccc(C(F)(F)F)c1. The van der Waals surface area contributed by atoms with E-state index < -0.39 is 22.7 Å². The summed E-state index contributed by atoms with van der Waals surface area (Å²) in [6.07, 6.45) is -4.23. The highest BCUT2D eigenvalue weighted by Gasteiger charge is 2.34. The van der Waals surface area contributed by atoms with Gasteiger partial charge in [0.2, 0.25) is 0 Å². The summed E-state index contributed by atoms with van der Waals surface area (Å²) in [5.74, 6) is -0.381. The van der Waals surface area contributed by atoms with Gasteiger partial charge in [0, 0.05) is 18.8 Å². The van der Waals surface area contributed by atoms with Crippen LogP contribution < -0.4 is 0 Å². The third kappa shape index (κ3) is 5.27. The molecule has 0 aliphatic heterocycles. The number of hydrogen-bond donors (Lipinski definition) is 0. The zero-order chi connectivity index (χ0) is 17.9. The molecule has 1 aromatic carbocycles. The van der Waals surface area contributed by atoms with E-state index in [1.165, 1.54) is 12.1 Å². The molecule has 0 aliphatic carbocycles. The molecule has 0 fully saturated rings. The Morgan fingerprint density at radius 1 is 1.17 bits per heavy atom. The van der Waals surface area contributed by atoms with Crippen LogP contribution in [0.3, 0.4) is 0 Å². The summed E-state index contributed by atoms with van der Waals surface area (Å²) in [5, 5.41) is 0. The molecule has 0 amide bonds. The number of ether oxygens (including phenoxy) is 1. The van der Waals surface area contributed by atoms with E-state index in [9.17, 15) is 18.0 Å². The fraction of sp³-hybridized carbons (Fsp3) is 0.562. The highest BCUT2D eigenvalue weighted by Crippen LogP contribution is 2.35. The van der Waals surface area contributed by atoms with Crippen LogP contribution in [0.2, 0.25) is 0 Å². The maximum Gasteiger partial charge on any atom is 0.416 e. The van der Waals surface area contributed by atoms with Gasteiger partial charge < -0.3 is 4.74 Å². The Morgan fingerprint density at radius 3 is 2.22 bits per heavy atom. The largest absolute Gasteiger partial charge is 0.465 e. The molecule has 128 valence electrons. The van der Waals surface area contributed by atoms with Crippen molar-refractivity contribution in [2.24, 2.45) is 9.78 Å². The minimum Gasteiger partial charge on any atom is -0.465 e. The number of nitrogens with zero attached hydrogens (tertiary/aromatic N) is 1. The molecule has 1 unspecified atom stereocenters. The number of benzene rings is 1. The second kappa shape index (κ2) is 6.95. The lowest BCUT2D eigenvalue weighted by molar-refractivity contribution is -0.153. The second-order valence-electron chi connectivity index (χ2n) is 6.58. The molecule has 1 rings (SSSR count). The number of esters is 1. The van der Waals surface area contributed by atoms with Crippen molar-refractivity contribution in [1.29, 1.82) is 0 Å². The molecule has 23 heavy (non-hydrogen) atoms. The molecule has 0 saturated carbocycles. The molecule has 0 aromatic heterocycles. The van der Waals surface area contributed by atoms with E-state index in [4.69, 9.17) is 17.2 Å². The first-order valence-corrected chi connectivity index (χ1v) is 7.46. The normalized spacial score (nSPS) is 14.9. The first kappa shape index (κ1) is 19.5. The first-order chi connectivity index (χ1) is 10.4. The Kier molecular flexibility index (Phi) is 5.90. The van der Waals surface area contributed by atoms with E-state index in [-0.39, 0.29) is 19.0 Å². The van der Waals surface area contributed by atoms with Crippen molar-refractivity contribution in [3.8, 4) is 0 Å². The van der Waals surface area contributed by atoms with Crippen LogP contribution in [0.15, 0.2) is 28.6 Å². The van der Waals surface area contributed by atoms with Gasteiger partial charge in [-0.25, -0.2) is 4.36 Å². The third-order valence-electron chi connectivity index (χ3n) is 3.45. The lowest BCUT2D eigenvalue weighted by atomic mass is 9.89. The lowest BCUT2D eigenvalue weighted by Crippen LogP contribution is -2.27. The van der Waals surface area contributed by atoms with Crippen LogP contribution in [-0.2, 0) is 33.7 Å². The van der Waals surface area contributed by atoms with Crippen molar-refractivity contribution in [3.05, 3.63) is 35.4 Å². The van der Waals surface area contributed by atoms with Gasteiger partial charge in [0.25, 0.3) is 0 Å². The summed E-state index contributed by atoms with van der Waals surface area (Å²) in [7, 11) is 0. The minimum atomic E-state index is -4.43. The minimum absolute atomic E-state index is 0.0307. The van der Waals surface area contributed by atoms with Gasteiger partial charge in [-0.05, 0) is 45.4 Å². The molecule has 0 aliphatic rings. The van der Waals surface area contributed by atoms with Gasteiger partial charge in [-0.2, -0.15) is 13.2 Å². The summed E-state index contributed by atoms with van der Waals surface area (Å²) in [4.78, 5) is 11.7. The zero-order valence-electron chi connectivity index (χ0n) is 13.5. The van der Waals surface area contributed by atoms with Crippen molar-refractivity contribution in [3.63, 3.8) is 0 Å². The Morgan fingerprint density at radius 2 is 1.74 bits per heavy atom. The third-order valence-corrected chi connectivity index (χ3v) is 3.85. The highest BCUT2D eigenvalue weighted by atomic mass is 32.1. The zero-order valence-corrected chi connectivity index (χ0v) is 14.3. The molecule has 0 spiro atoms. The van der Waals surface area contributed by atoms with Gasteiger partial charge in [-0.15, -0.1) is 0 Å². The molecule has 1 aromatic rings. The van der Waals surface area contributed by atoms with E-state index in [0.29, 0.717) is 5.56 Å². The highest BCUT2D eigenvalue weighted by molar-refractivity contribution is 7.47. The second-order valence-corrected chi connectivity index (χ2v) is 6.76. The van der Waals surface area contributed by atoms with Crippen molar-refractivity contribution >= 4 is 18.4 Å². The molecular weight excluding hydrogens is 327 g/mol. The molecule has 0 saturated heterocycles. The summed E-state index contributed by atoms with van der Waals surface area (Å²) in [6.45, 7) is 6.82. The van der Waals surface area contributed by atoms with Gasteiger partial charge in [0.15, 0.2) is 0 Å². The van der Waals surface area contributed by atoms with Crippen molar-refractivity contribution < 1.29 is 22.7 Å². The molecule has 0 N–H and O–H groups in total. The average Bonchev–Trinajstić information content (AvgIpc) is 2.45. The van der Waals surface area contributed by atoms with Crippen molar-refractivity contribution in [1.82, 2.24) is 0 Å². The van der Waals surface area contributed by atoms with Gasteiger partial charge in [0.1, 0.15) is 0 Å². The Hall–Kier alpha value is -1.50.